The van der Waals surface area contributed by atoms with Gasteiger partial charge in [-0.05, 0) is 38.3 Å². The Kier molecular flexibility index (Phi) is 6.61. The maximum absolute atomic E-state index is 10.1. The van der Waals surface area contributed by atoms with Gasteiger partial charge in [0.2, 0.25) is 0 Å². The van der Waals surface area contributed by atoms with Gasteiger partial charge in [-0.2, -0.15) is 0 Å². The van der Waals surface area contributed by atoms with E-state index in [9.17, 15) is 5.11 Å². The maximum Gasteiger partial charge on any atom is 0.0695 e. The van der Waals surface area contributed by atoms with Gasteiger partial charge in [0.15, 0.2) is 0 Å². The fourth-order valence-corrected chi connectivity index (χ4v) is 3.06. The van der Waals surface area contributed by atoms with Crippen LogP contribution in [0.5, 0.6) is 0 Å². The van der Waals surface area contributed by atoms with E-state index in [0.29, 0.717) is 6.04 Å². The minimum Gasteiger partial charge on any atom is -0.391 e. The Morgan fingerprint density at radius 3 is 2.56 bits per heavy atom. The molecule has 2 atom stereocenters. The van der Waals surface area contributed by atoms with Crippen LogP contribution in [-0.2, 0) is 0 Å². The largest absolute Gasteiger partial charge is 0.391 e. The fraction of sp³-hybridized carbons (Fsp3) is 1.00. The van der Waals surface area contributed by atoms with Crippen LogP contribution in [0.15, 0.2) is 0 Å². The molecule has 3 nitrogen and oxygen atoms in total. The Labute approximate surface area is 113 Å². The van der Waals surface area contributed by atoms with Crippen LogP contribution < -0.4 is 5.32 Å². The second-order valence-corrected chi connectivity index (χ2v) is 6.68. The average molecular weight is 256 g/mol. The highest BCUT2D eigenvalue weighted by Gasteiger charge is 2.29. The predicted molar refractivity (Wildman–Crippen MR) is 77.8 cm³/mol. The molecule has 1 aliphatic carbocycles. The van der Waals surface area contributed by atoms with Crippen LogP contribution in [0, 0.1) is 5.41 Å². The van der Waals surface area contributed by atoms with Crippen molar-refractivity contribution in [3.05, 3.63) is 0 Å². The molecule has 1 rings (SSSR count). The standard InChI is InChI=1S/C15H32N2O/c1-5-10-16-11-15(2,3)12-17(4)13-8-6-7-9-14(13)18/h13-14,16,18H,5-12H2,1-4H3. The van der Waals surface area contributed by atoms with Crippen LogP contribution in [0.3, 0.4) is 0 Å². The third-order valence-electron chi connectivity index (χ3n) is 3.97. The molecule has 2 N–H and O–H groups in total. The third kappa shape index (κ3) is 5.25. The summed E-state index contributed by atoms with van der Waals surface area (Å²) in [6.45, 7) is 10.0. The lowest BCUT2D eigenvalue weighted by molar-refractivity contribution is 0.0172. The summed E-state index contributed by atoms with van der Waals surface area (Å²) in [7, 11) is 2.17. The van der Waals surface area contributed by atoms with Crippen molar-refractivity contribution in [2.75, 3.05) is 26.7 Å². The smallest absolute Gasteiger partial charge is 0.0695 e. The number of hydrogen-bond donors (Lipinski definition) is 2. The van der Waals surface area contributed by atoms with Gasteiger partial charge in [-0.25, -0.2) is 0 Å². The minimum atomic E-state index is -0.122. The van der Waals surface area contributed by atoms with E-state index in [2.05, 4.69) is 38.0 Å². The van der Waals surface area contributed by atoms with Crippen LogP contribution in [0.1, 0.15) is 52.9 Å². The molecule has 1 saturated carbocycles. The molecule has 1 aliphatic rings. The molecule has 0 saturated heterocycles. The molecule has 0 amide bonds. The quantitative estimate of drug-likeness (QED) is 0.686. The molecule has 0 aromatic rings. The summed E-state index contributed by atoms with van der Waals surface area (Å²) in [6.07, 6.45) is 5.64. The zero-order chi connectivity index (χ0) is 13.6. The van der Waals surface area contributed by atoms with Crippen molar-refractivity contribution in [1.29, 1.82) is 0 Å². The molecule has 0 spiro atoms. The fourth-order valence-electron chi connectivity index (χ4n) is 3.06. The lowest BCUT2D eigenvalue weighted by Gasteiger charge is -2.39. The Balaban J connectivity index is 2.38. The first-order valence-corrected chi connectivity index (χ1v) is 7.55. The zero-order valence-corrected chi connectivity index (χ0v) is 12.7. The molecule has 0 bridgehead atoms. The van der Waals surface area contributed by atoms with Crippen molar-refractivity contribution in [3.63, 3.8) is 0 Å². The molecule has 3 heteroatoms. The van der Waals surface area contributed by atoms with Crippen molar-refractivity contribution >= 4 is 0 Å². The van der Waals surface area contributed by atoms with Gasteiger partial charge < -0.3 is 15.3 Å². The van der Waals surface area contributed by atoms with Gasteiger partial charge in [0, 0.05) is 19.1 Å². The lowest BCUT2D eigenvalue weighted by Crippen LogP contribution is -2.48. The molecule has 0 heterocycles. The number of aliphatic hydroxyl groups excluding tert-OH is 1. The van der Waals surface area contributed by atoms with Crippen molar-refractivity contribution < 1.29 is 5.11 Å². The van der Waals surface area contributed by atoms with Gasteiger partial charge in [0.05, 0.1) is 6.10 Å². The molecule has 1 fully saturated rings. The SMILES string of the molecule is CCCNCC(C)(C)CN(C)C1CCCCC1O. The molecular weight excluding hydrogens is 224 g/mol. The molecule has 0 aliphatic heterocycles. The zero-order valence-electron chi connectivity index (χ0n) is 12.7. The van der Waals surface area contributed by atoms with E-state index in [0.717, 1.165) is 32.5 Å². The molecule has 0 aromatic carbocycles. The highest BCUT2D eigenvalue weighted by molar-refractivity contribution is 4.85. The molecule has 18 heavy (non-hydrogen) atoms. The van der Waals surface area contributed by atoms with E-state index in [1.54, 1.807) is 0 Å². The van der Waals surface area contributed by atoms with E-state index in [1.807, 2.05) is 0 Å². The summed E-state index contributed by atoms with van der Waals surface area (Å²) in [5.41, 5.74) is 0.265. The van der Waals surface area contributed by atoms with Crippen LogP contribution in [0.2, 0.25) is 0 Å². The monoisotopic (exact) mass is 256 g/mol. The van der Waals surface area contributed by atoms with Gasteiger partial charge >= 0.3 is 0 Å². The number of likely N-dealkylation sites (N-methyl/N-ethyl adjacent to an activating group) is 1. The summed E-state index contributed by atoms with van der Waals surface area (Å²) in [5, 5.41) is 13.6. The molecule has 108 valence electrons. The second-order valence-electron chi connectivity index (χ2n) is 6.68. The van der Waals surface area contributed by atoms with Gasteiger partial charge in [-0.1, -0.05) is 33.6 Å². The maximum atomic E-state index is 10.1. The minimum absolute atomic E-state index is 0.122. The lowest BCUT2D eigenvalue weighted by atomic mass is 9.88. The third-order valence-corrected chi connectivity index (χ3v) is 3.97. The second kappa shape index (κ2) is 7.46. The predicted octanol–water partition coefficient (Wildman–Crippen LogP) is 2.25. The van der Waals surface area contributed by atoms with E-state index >= 15 is 0 Å². The number of aliphatic hydroxyl groups is 1. The Hall–Kier alpha value is -0.120. The first-order valence-electron chi connectivity index (χ1n) is 7.55. The van der Waals surface area contributed by atoms with Gasteiger partial charge in [-0.15, -0.1) is 0 Å². The van der Waals surface area contributed by atoms with E-state index in [4.69, 9.17) is 0 Å². The number of nitrogens with zero attached hydrogens (tertiary/aromatic N) is 1. The summed E-state index contributed by atoms with van der Waals surface area (Å²) >= 11 is 0. The van der Waals surface area contributed by atoms with E-state index < -0.39 is 0 Å². The van der Waals surface area contributed by atoms with Gasteiger partial charge in [-0.3, -0.25) is 0 Å². The van der Waals surface area contributed by atoms with E-state index in [-0.39, 0.29) is 11.5 Å². The first-order chi connectivity index (χ1) is 8.46. The Morgan fingerprint density at radius 1 is 1.28 bits per heavy atom. The van der Waals surface area contributed by atoms with Crippen molar-refractivity contribution in [2.24, 2.45) is 5.41 Å². The van der Waals surface area contributed by atoms with Crippen molar-refractivity contribution in [1.82, 2.24) is 10.2 Å². The highest BCUT2D eigenvalue weighted by Crippen LogP contribution is 2.25. The normalized spacial score (nSPS) is 25.7. The summed E-state index contributed by atoms with van der Waals surface area (Å²) in [5.74, 6) is 0. The van der Waals surface area contributed by atoms with E-state index in [1.165, 1.54) is 19.3 Å². The number of nitrogens with one attached hydrogen (secondary N) is 1. The topological polar surface area (TPSA) is 35.5 Å². The summed E-state index contributed by atoms with van der Waals surface area (Å²) in [4.78, 5) is 2.37. The van der Waals surface area contributed by atoms with Crippen LogP contribution in [0.4, 0.5) is 0 Å². The van der Waals surface area contributed by atoms with Crippen molar-refractivity contribution in [2.45, 2.75) is 65.0 Å². The van der Waals surface area contributed by atoms with Gasteiger partial charge in [0.1, 0.15) is 0 Å². The number of hydrogen-bond acceptors (Lipinski definition) is 3. The van der Waals surface area contributed by atoms with Crippen LogP contribution in [-0.4, -0.2) is 48.8 Å². The summed E-state index contributed by atoms with van der Waals surface area (Å²) < 4.78 is 0. The molecule has 0 radical (unpaired) electrons. The molecule has 2 unspecified atom stereocenters. The average Bonchev–Trinajstić information content (AvgIpc) is 2.29. The molecule has 0 aromatic heterocycles. The summed E-state index contributed by atoms with van der Waals surface area (Å²) in [6, 6.07) is 0.365. The number of rotatable bonds is 7. The Bertz CT molecular complexity index is 231. The van der Waals surface area contributed by atoms with Crippen molar-refractivity contribution in [3.8, 4) is 0 Å². The highest BCUT2D eigenvalue weighted by atomic mass is 16.3. The van der Waals surface area contributed by atoms with Crippen LogP contribution in [0.25, 0.3) is 0 Å². The van der Waals surface area contributed by atoms with Gasteiger partial charge in [0.25, 0.3) is 0 Å². The molecular formula is C15H32N2O. The Morgan fingerprint density at radius 2 is 1.94 bits per heavy atom. The van der Waals surface area contributed by atoms with Crippen LogP contribution >= 0.6 is 0 Å². The first kappa shape index (κ1) is 15.9.